The van der Waals surface area contributed by atoms with Gasteiger partial charge in [0.05, 0.1) is 18.6 Å². The average Bonchev–Trinajstić information content (AvgIpc) is 3.02. The van der Waals surface area contributed by atoms with E-state index in [1.165, 1.54) is 0 Å². The largest absolute Gasteiger partial charge is 0.466 e. The highest BCUT2D eigenvalue weighted by molar-refractivity contribution is 5.94. The summed E-state index contributed by atoms with van der Waals surface area (Å²) in [5.74, 6) is -0.293. The number of nitrogens with zero attached hydrogens (tertiary/aromatic N) is 2. The number of rotatable bonds is 6. The van der Waals surface area contributed by atoms with Gasteiger partial charge in [-0.1, -0.05) is 12.8 Å². The van der Waals surface area contributed by atoms with Gasteiger partial charge in [0.1, 0.15) is 0 Å². The molecule has 1 saturated carbocycles. The van der Waals surface area contributed by atoms with Crippen LogP contribution in [0.4, 0.5) is 0 Å². The lowest BCUT2D eigenvalue weighted by Crippen LogP contribution is -2.40. The van der Waals surface area contributed by atoms with Crippen molar-refractivity contribution in [3.8, 4) is 0 Å². The van der Waals surface area contributed by atoms with E-state index < -0.39 is 0 Å². The predicted octanol–water partition coefficient (Wildman–Crippen LogP) is 2.42. The van der Waals surface area contributed by atoms with E-state index in [9.17, 15) is 9.59 Å². The topological polar surface area (TPSA) is 59.5 Å². The number of carbonyl (C=O) groups is 2. The minimum atomic E-state index is -0.250. The zero-order valence-electron chi connectivity index (χ0n) is 12.5. The normalized spacial score (nSPS) is 14.9. The predicted molar refractivity (Wildman–Crippen MR) is 78.8 cm³/mol. The van der Waals surface area contributed by atoms with Crippen LogP contribution in [0.2, 0.25) is 0 Å². The second-order valence-corrected chi connectivity index (χ2v) is 5.23. The van der Waals surface area contributed by atoms with Crippen LogP contribution >= 0.6 is 0 Å². The van der Waals surface area contributed by atoms with Crippen LogP contribution in [0.15, 0.2) is 24.5 Å². The van der Waals surface area contributed by atoms with Gasteiger partial charge in [0.25, 0.3) is 5.91 Å². The Morgan fingerprint density at radius 2 is 2.14 bits per heavy atom. The zero-order valence-corrected chi connectivity index (χ0v) is 12.5. The van der Waals surface area contributed by atoms with Crippen LogP contribution < -0.4 is 0 Å². The van der Waals surface area contributed by atoms with E-state index in [1.54, 1.807) is 31.5 Å². The maximum atomic E-state index is 12.6. The van der Waals surface area contributed by atoms with Crippen LogP contribution in [0.1, 0.15) is 49.4 Å². The summed E-state index contributed by atoms with van der Waals surface area (Å²) >= 11 is 0. The van der Waals surface area contributed by atoms with Crippen molar-refractivity contribution in [1.82, 2.24) is 9.88 Å². The highest BCUT2D eigenvalue weighted by Gasteiger charge is 2.27. The third-order valence-electron chi connectivity index (χ3n) is 3.80. The quantitative estimate of drug-likeness (QED) is 0.755. The van der Waals surface area contributed by atoms with Gasteiger partial charge in [-0.05, 0) is 31.9 Å². The van der Waals surface area contributed by atoms with Crippen molar-refractivity contribution in [1.29, 1.82) is 0 Å². The summed E-state index contributed by atoms with van der Waals surface area (Å²) in [5, 5.41) is 0. The fourth-order valence-electron chi connectivity index (χ4n) is 2.77. The third kappa shape index (κ3) is 4.28. The SMILES string of the molecule is CCOC(=O)CCN(C(=O)c1cccnc1)C1CCCC1. The van der Waals surface area contributed by atoms with Crippen molar-refractivity contribution in [3.05, 3.63) is 30.1 Å². The molecule has 0 unspecified atom stereocenters. The standard InChI is InChI=1S/C16H22N2O3/c1-2-21-15(19)9-11-18(14-7-3-4-8-14)16(20)13-6-5-10-17-12-13/h5-6,10,12,14H,2-4,7-9,11H2,1H3. The van der Waals surface area contributed by atoms with Gasteiger partial charge in [0.2, 0.25) is 0 Å². The maximum Gasteiger partial charge on any atom is 0.307 e. The lowest BCUT2D eigenvalue weighted by atomic mass is 10.1. The molecular formula is C16H22N2O3. The van der Waals surface area contributed by atoms with Gasteiger partial charge >= 0.3 is 5.97 Å². The molecule has 0 atom stereocenters. The van der Waals surface area contributed by atoms with Crippen molar-refractivity contribution < 1.29 is 14.3 Å². The monoisotopic (exact) mass is 290 g/mol. The molecule has 0 aromatic carbocycles. The first-order chi connectivity index (χ1) is 10.2. The van der Waals surface area contributed by atoms with Crippen LogP contribution in [0.5, 0.6) is 0 Å². The molecule has 1 heterocycles. The van der Waals surface area contributed by atoms with Gasteiger partial charge in [0, 0.05) is 25.0 Å². The van der Waals surface area contributed by atoms with Crippen molar-refractivity contribution >= 4 is 11.9 Å². The molecule has 1 aliphatic rings. The number of pyridine rings is 1. The van der Waals surface area contributed by atoms with Gasteiger partial charge in [-0.25, -0.2) is 0 Å². The molecule has 0 spiro atoms. The lowest BCUT2D eigenvalue weighted by Gasteiger charge is -2.28. The van der Waals surface area contributed by atoms with E-state index in [2.05, 4.69) is 4.98 Å². The second kappa shape index (κ2) is 7.76. The first-order valence-electron chi connectivity index (χ1n) is 7.59. The Balaban J connectivity index is 2.05. The summed E-state index contributed by atoms with van der Waals surface area (Å²) in [6, 6.07) is 3.75. The Morgan fingerprint density at radius 3 is 2.76 bits per heavy atom. The Bertz CT molecular complexity index is 470. The number of hydrogen-bond donors (Lipinski definition) is 0. The van der Waals surface area contributed by atoms with Crippen molar-refractivity contribution in [2.45, 2.75) is 45.1 Å². The third-order valence-corrected chi connectivity index (χ3v) is 3.80. The minimum Gasteiger partial charge on any atom is -0.466 e. The number of amides is 1. The highest BCUT2D eigenvalue weighted by atomic mass is 16.5. The highest BCUT2D eigenvalue weighted by Crippen LogP contribution is 2.25. The molecular weight excluding hydrogens is 268 g/mol. The van der Waals surface area contributed by atoms with Crippen LogP contribution in [0, 0.1) is 0 Å². The molecule has 0 N–H and O–H groups in total. The van der Waals surface area contributed by atoms with E-state index in [0.717, 1.165) is 25.7 Å². The van der Waals surface area contributed by atoms with Crippen LogP contribution in [0.25, 0.3) is 0 Å². The van der Waals surface area contributed by atoms with E-state index in [0.29, 0.717) is 18.7 Å². The number of carbonyl (C=O) groups excluding carboxylic acids is 2. The number of ether oxygens (including phenoxy) is 1. The maximum absolute atomic E-state index is 12.6. The van der Waals surface area contributed by atoms with E-state index in [-0.39, 0.29) is 24.3 Å². The van der Waals surface area contributed by atoms with E-state index in [4.69, 9.17) is 4.74 Å². The first-order valence-corrected chi connectivity index (χ1v) is 7.59. The zero-order chi connectivity index (χ0) is 15.1. The summed E-state index contributed by atoms with van der Waals surface area (Å²) in [4.78, 5) is 30.0. The van der Waals surface area contributed by atoms with E-state index in [1.807, 2.05) is 4.90 Å². The molecule has 114 valence electrons. The summed E-state index contributed by atoms with van der Waals surface area (Å²) < 4.78 is 4.95. The Kier molecular flexibility index (Phi) is 5.72. The number of aromatic nitrogens is 1. The average molecular weight is 290 g/mol. The van der Waals surface area contributed by atoms with Crippen LogP contribution in [0.3, 0.4) is 0 Å². The first kappa shape index (κ1) is 15.5. The molecule has 0 bridgehead atoms. The van der Waals surface area contributed by atoms with Gasteiger partial charge < -0.3 is 9.64 Å². The van der Waals surface area contributed by atoms with Gasteiger partial charge in [-0.15, -0.1) is 0 Å². The molecule has 1 aromatic heterocycles. The fourth-order valence-corrected chi connectivity index (χ4v) is 2.77. The number of esters is 1. The molecule has 1 aliphatic carbocycles. The molecule has 1 aromatic rings. The lowest BCUT2D eigenvalue weighted by molar-refractivity contribution is -0.143. The molecule has 0 saturated heterocycles. The van der Waals surface area contributed by atoms with Crippen molar-refractivity contribution in [2.24, 2.45) is 0 Å². The minimum absolute atomic E-state index is 0.0423. The van der Waals surface area contributed by atoms with Gasteiger partial charge in [0.15, 0.2) is 0 Å². The van der Waals surface area contributed by atoms with E-state index >= 15 is 0 Å². The van der Waals surface area contributed by atoms with Crippen LogP contribution in [-0.4, -0.2) is 41.0 Å². The molecule has 0 aliphatic heterocycles. The Morgan fingerprint density at radius 1 is 1.38 bits per heavy atom. The molecule has 1 fully saturated rings. The van der Waals surface area contributed by atoms with Gasteiger partial charge in [-0.2, -0.15) is 0 Å². The number of hydrogen-bond acceptors (Lipinski definition) is 4. The molecule has 21 heavy (non-hydrogen) atoms. The molecule has 5 nitrogen and oxygen atoms in total. The summed E-state index contributed by atoms with van der Waals surface area (Å²) in [5.41, 5.74) is 0.577. The summed E-state index contributed by atoms with van der Waals surface area (Å²) in [7, 11) is 0. The molecule has 1 amide bonds. The Labute approximate surface area is 125 Å². The molecule has 5 heteroatoms. The Hall–Kier alpha value is -1.91. The molecule has 2 rings (SSSR count). The fraction of sp³-hybridized carbons (Fsp3) is 0.562. The van der Waals surface area contributed by atoms with Crippen molar-refractivity contribution in [3.63, 3.8) is 0 Å². The van der Waals surface area contributed by atoms with Crippen LogP contribution in [-0.2, 0) is 9.53 Å². The molecule has 0 radical (unpaired) electrons. The summed E-state index contributed by atoms with van der Waals surface area (Å²) in [6.07, 6.45) is 7.77. The van der Waals surface area contributed by atoms with Crippen molar-refractivity contribution in [2.75, 3.05) is 13.2 Å². The van der Waals surface area contributed by atoms with Gasteiger partial charge in [-0.3, -0.25) is 14.6 Å². The summed E-state index contributed by atoms with van der Waals surface area (Å²) in [6.45, 7) is 2.57. The second-order valence-electron chi connectivity index (χ2n) is 5.23. The smallest absolute Gasteiger partial charge is 0.307 e.